The van der Waals surface area contributed by atoms with Gasteiger partial charge in [0.2, 0.25) is 0 Å². The topological polar surface area (TPSA) is 37.5 Å². The number of hydrogen-bond acceptors (Lipinski definition) is 3. The molecule has 2 aromatic rings. The Labute approximate surface area is 144 Å². The molecule has 2 aliphatic heterocycles. The summed E-state index contributed by atoms with van der Waals surface area (Å²) < 4.78 is 11.6. The maximum atomic E-state index is 6.26. The zero-order chi connectivity index (χ0) is 16.4. The number of aromatic nitrogens is 1. The van der Waals surface area contributed by atoms with Crippen molar-refractivity contribution in [3.63, 3.8) is 0 Å². The maximum absolute atomic E-state index is 6.26. The van der Waals surface area contributed by atoms with E-state index in [9.17, 15) is 0 Å². The van der Waals surface area contributed by atoms with E-state index in [1.165, 1.54) is 22.9 Å². The van der Waals surface area contributed by atoms with Gasteiger partial charge in [-0.25, -0.2) is 0 Å². The molecule has 130 valence electrons. The second kappa shape index (κ2) is 6.87. The minimum atomic E-state index is 0.120. The van der Waals surface area contributed by atoms with Crippen molar-refractivity contribution >= 4 is 10.9 Å². The summed E-state index contributed by atoms with van der Waals surface area (Å²) in [5.41, 5.74) is 2.78. The van der Waals surface area contributed by atoms with E-state index in [0.29, 0.717) is 5.92 Å². The monoisotopic (exact) mass is 328 g/mol. The summed E-state index contributed by atoms with van der Waals surface area (Å²) in [5, 5.41) is 1.35. The lowest BCUT2D eigenvalue weighted by Gasteiger charge is -2.42. The van der Waals surface area contributed by atoms with Crippen LogP contribution < -0.4 is 0 Å². The number of ether oxygens (including phenoxy) is 2. The highest BCUT2D eigenvalue weighted by atomic mass is 16.5. The Balaban J connectivity index is 1.40. The molecule has 2 saturated heterocycles. The first-order valence-corrected chi connectivity index (χ1v) is 9.21. The van der Waals surface area contributed by atoms with Gasteiger partial charge in [0.25, 0.3) is 0 Å². The number of aromatic amines is 1. The van der Waals surface area contributed by atoms with Crippen LogP contribution >= 0.6 is 0 Å². The number of nitrogens with one attached hydrogen (secondary N) is 1. The molecule has 1 N–H and O–H groups in total. The first-order chi connectivity index (χ1) is 11.8. The van der Waals surface area contributed by atoms with E-state index in [2.05, 4.69) is 34.1 Å². The number of piperidine rings is 1. The lowest BCUT2D eigenvalue weighted by atomic mass is 9.78. The van der Waals surface area contributed by atoms with Gasteiger partial charge < -0.3 is 14.5 Å². The zero-order valence-electron chi connectivity index (χ0n) is 14.6. The van der Waals surface area contributed by atoms with Crippen molar-refractivity contribution in [2.45, 2.75) is 37.8 Å². The molecule has 0 unspecified atom stereocenters. The van der Waals surface area contributed by atoms with Gasteiger partial charge in [-0.1, -0.05) is 12.1 Å². The Morgan fingerprint density at radius 1 is 1.29 bits per heavy atom. The summed E-state index contributed by atoms with van der Waals surface area (Å²) in [4.78, 5) is 5.90. The third kappa shape index (κ3) is 2.99. The van der Waals surface area contributed by atoms with Crippen LogP contribution in [-0.2, 0) is 16.0 Å². The Morgan fingerprint density at radius 3 is 3.00 bits per heavy atom. The van der Waals surface area contributed by atoms with Gasteiger partial charge in [0.15, 0.2) is 0 Å². The van der Waals surface area contributed by atoms with E-state index in [-0.39, 0.29) is 5.60 Å². The predicted octanol–water partition coefficient (Wildman–Crippen LogP) is 3.58. The highest BCUT2D eigenvalue weighted by Crippen LogP contribution is 2.42. The first-order valence-electron chi connectivity index (χ1n) is 9.21. The molecule has 0 amide bonds. The van der Waals surface area contributed by atoms with E-state index >= 15 is 0 Å². The highest BCUT2D eigenvalue weighted by Gasteiger charge is 2.45. The van der Waals surface area contributed by atoms with Crippen LogP contribution in [0.2, 0.25) is 0 Å². The van der Waals surface area contributed by atoms with E-state index < -0.39 is 0 Å². The van der Waals surface area contributed by atoms with Gasteiger partial charge in [0, 0.05) is 57.1 Å². The minimum Gasteiger partial charge on any atom is -0.385 e. The lowest BCUT2D eigenvalue weighted by molar-refractivity contribution is -0.0720. The van der Waals surface area contributed by atoms with Crippen molar-refractivity contribution < 1.29 is 9.47 Å². The molecule has 24 heavy (non-hydrogen) atoms. The fourth-order valence-corrected chi connectivity index (χ4v) is 4.62. The van der Waals surface area contributed by atoms with Gasteiger partial charge in [0.05, 0.1) is 5.60 Å². The summed E-state index contributed by atoms with van der Waals surface area (Å²) in [6.45, 7) is 5.08. The van der Waals surface area contributed by atoms with Gasteiger partial charge >= 0.3 is 0 Å². The van der Waals surface area contributed by atoms with Crippen molar-refractivity contribution in [2.75, 3.05) is 33.4 Å². The summed E-state index contributed by atoms with van der Waals surface area (Å²) in [5.74, 6) is 0.674. The molecule has 2 aliphatic rings. The summed E-state index contributed by atoms with van der Waals surface area (Å²) in [6, 6.07) is 8.75. The van der Waals surface area contributed by atoms with Crippen LogP contribution in [0.1, 0.15) is 31.2 Å². The van der Waals surface area contributed by atoms with Crippen molar-refractivity contribution in [1.29, 1.82) is 0 Å². The van der Waals surface area contributed by atoms with Crippen molar-refractivity contribution in [1.82, 2.24) is 9.88 Å². The SMILES string of the molecule is COCC[C@H]1CCOC12CCN(Cc1cccc3[nH]ccc13)CC2. The van der Waals surface area contributed by atoms with E-state index in [1.54, 1.807) is 7.11 Å². The molecule has 1 aromatic carbocycles. The summed E-state index contributed by atoms with van der Waals surface area (Å²) in [6.07, 6.45) is 6.69. The third-order valence-electron chi connectivity index (χ3n) is 6.05. The molecule has 1 atom stereocenters. The average Bonchev–Trinajstić information content (AvgIpc) is 3.23. The third-order valence-corrected chi connectivity index (χ3v) is 6.05. The van der Waals surface area contributed by atoms with Crippen molar-refractivity contribution in [3.8, 4) is 0 Å². The van der Waals surface area contributed by atoms with Crippen LogP contribution in [0, 0.1) is 5.92 Å². The molecule has 0 bridgehead atoms. The van der Waals surface area contributed by atoms with Gasteiger partial charge in [0.1, 0.15) is 0 Å². The van der Waals surface area contributed by atoms with Crippen LogP contribution in [0.5, 0.6) is 0 Å². The molecule has 0 radical (unpaired) electrons. The van der Waals surface area contributed by atoms with Gasteiger partial charge in [-0.15, -0.1) is 0 Å². The Kier molecular flexibility index (Phi) is 4.61. The quantitative estimate of drug-likeness (QED) is 0.912. The average molecular weight is 328 g/mol. The minimum absolute atomic E-state index is 0.120. The number of fused-ring (bicyclic) bond motifs is 1. The fraction of sp³-hybridized carbons (Fsp3) is 0.600. The number of hydrogen-bond donors (Lipinski definition) is 1. The lowest BCUT2D eigenvalue weighted by Crippen LogP contribution is -2.47. The van der Waals surface area contributed by atoms with Crippen molar-refractivity contribution in [2.24, 2.45) is 5.92 Å². The molecule has 3 heterocycles. The van der Waals surface area contributed by atoms with Crippen LogP contribution in [0.25, 0.3) is 10.9 Å². The Bertz CT molecular complexity index is 673. The zero-order valence-corrected chi connectivity index (χ0v) is 14.6. The molecule has 0 aliphatic carbocycles. The predicted molar refractivity (Wildman–Crippen MR) is 96.1 cm³/mol. The number of benzene rings is 1. The van der Waals surface area contributed by atoms with E-state index in [4.69, 9.17) is 9.47 Å². The first kappa shape index (κ1) is 16.1. The molecule has 4 heteroatoms. The van der Waals surface area contributed by atoms with Crippen LogP contribution in [0.3, 0.4) is 0 Å². The molecular formula is C20H28N2O2. The molecule has 4 nitrogen and oxygen atoms in total. The summed E-state index contributed by atoms with van der Waals surface area (Å²) >= 11 is 0. The Hall–Kier alpha value is -1.36. The molecule has 1 aromatic heterocycles. The fourth-order valence-electron chi connectivity index (χ4n) is 4.62. The highest BCUT2D eigenvalue weighted by molar-refractivity contribution is 5.82. The van der Waals surface area contributed by atoms with Gasteiger partial charge in [-0.3, -0.25) is 4.90 Å². The number of likely N-dealkylation sites (tertiary alicyclic amines) is 1. The van der Waals surface area contributed by atoms with Crippen LogP contribution in [0.4, 0.5) is 0 Å². The van der Waals surface area contributed by atoms with Crippen molar-refractivity contribution in [3.05, 3.63) is 36.0 Å². The van der Waals surface area contributed by atoms with E-state index in [0.717, 1.165) is 52.1 Å². The van der Waals surface area contributed by atoms with E-state index in [1.807, 2.05) is 6.20 Å². The normalized spacial score (nSPS) is 24.1. The maximum Gasteiger partial charge on any atom is 0.0736 e. The molecule has 0 saturated carbocycles. The number of H-pyrrole nitrogens is 1. The Morgan fingerprint density at radius 2 is 2.17 bits per heavy atom. The molecule has 1 spiro atoms. The van der Waals surface area contributed by atoms with Crippen LogP contribution in [-0.4, -0.2) is 48.9 Å². The second-order valence-electron chi connectivity index (χ2n) is 7.31. The molecule has 2 fully saturated rings. The smallest absolute Gasteiger partial charge is 0.0736 e. The largest absolute Gasteiger partial charge is 0.385 e. The molecule has 4 rings (SSSR count). The molecular weight excluding hydrogens is 300 g/mol. The van der Waals surface area contributed by atoms with Crippen LogP contribution in [0.15, 0.2) is 30.5 Å². The summed E-state index contributed by atoms with van der Waals surface area (Å²) in [7, 11) is 1.80. The number of rotatable bonds is 5. The van der Waals surface area contributed by atoms with Gasteiger partial charge in [-0.05, 0) is 49.3 Å². The number of methoxy groups -OCH3 is 1. The van der Waals surface area contributed by atoms with Gasteiger partial charge in [-0.2, -0.15) is 0 Å². The standard InChI is InChI=1S/C20H28N2O2/c1-23-13-6-17-7-14-24-20(17)8-11-22(12-9-20)15-16-3-2-4-19-18(16)5-10-21-19/h2-5,10,17,21H,6-9,11-15H2,1H3/t17-/m0/s1. The number of nitrogens with zero attached hydrogens (tertiary/aromatic N) is 1. The second-order valence-corrected chi connectivity index (χ2v) is 7.31.